The number of carbonyl (C=O) groups is 1. The lowest BCUT2D eigenvalue weighted by molar-refractivity contribution is -0.146. The fraction of sp³-hybridized carbons (Fsp3) is 0.500. The first-order valence-corrected chi connectivity index (χ1v) is 3.89. The molecule has 0 radical (unpaired) electrons. The second-order valence-electron chi connectivity index (χ2n) is 3.14. The molecular formula is C8H13N3O2. The summed E-state index contributed by atoms with van der Waals surface area (Å²) in [6.07, 6.45) is 4.98. The zero-order chi connectivity index (χ0) is 9.90. The van der Waals surface area contributed by atoms with Crippen LogP contribution < -0.4 is 5.73 Å². The van der Waals surface area contributed by atoms with Gasteiger partial charge in [-0.15, -0.1) is 0 Å². The van der Waals surface area contributed by atoms with Crippen molar-refractivity contribution < 1.29 is 9.53 Å². The van der Waals surface area contributed by atoms with E-state index in [1.807, 2.05) is 0 Å². The SMILES string of the molecule is COC(=O)C(C)(N)Cn1ccnc1. The van der Waals surface area contributed by atoms with Crippen LogP contribution in [-0.4, -0.2) is 28.2 Å². The van der Waals surface area contributed by atoms with Crippen molar-refractivity contribution >= 4 is 5.97 Å². The van der Waals surface area contributed by atoms with Crippen LogP contribution in [0.4, 0.5) is 0 Å². The summed E-state index contributed by atoms with van der Waals surface area (Å²) < 4.78 is 6.30. The fourth-order valence-corrected chi connectivity index (χ4v) is 1.06. The molecule has 5 nitrogen and oxygen atoms in total. The number of aromatic nitrogens is 2. The standard InChI is InChI=1S/C8H13N3O2/c1-8(9,7(12)13-2)5-11-4-3-10-6-11/h3-4,6H,5,9H2,1-2H3. The minimum atomic E-state index is -1.00. The predicted octanol–water partition coefficient (Wildman–Crippen LogP) is -0.226. The zero-order valence-electron chi connectivity index (χ0n) is 7.73. The summed E-state index contributed by atoms with van der Waals surface area (Å²) in [6.45, 7) is 1.98. The van der Waals surface area contributed by atoms with Gasteiger partial charge in [-0.05, 0) is 6.92 Å². The Hall–Kier alpha value is -1.36. The quantitative estimate of drug-likeness (QED) is 0.657. The average molecular weight is 183 g/mol. The normalized spacial score (nSPS) is 15.0. The molecule has 1 aromatic heterocycles. The van der Waals surface area contributed by atoms with Gasteiger partial charge < -0.3 is 15.0 Å². The van der Waals surface area contributed by atoms with Crippen LogP contribution in [-0.2, 0) is 16.1 Å². The monoisotopic (exact) mass is 183 g/mol. The van der Waals surface area contributed by atoms with Gasteiger partial charge in [0.15, 0.2) is 0 Å². The Morgan fingerprint density at radius 2 is 2.46 bits per heavy atom. The van der Waals surface area contributed by atoms with Crippen molar-refractivity contribution in [3.63, 3.8) is 0 Å². The molecule has 1 unspecified atom stereocenters. The number of hydrogen-bond acceptors (Lipinski definition) is 4. The van der Waals surface area contributed by atoms with Crippen molar-refractivity contribution in [1.29, 1.82) is 0 Å². The van der Waals surface area contributed by atoms with Crippen molar-refractivity contribution in [1.82, 2.24) is 9.55 Å². The van der Waals surface area contributed by atoms with E-state index in [-0.39, 0.29) is 0 Å². The first-order chi connectivity index (χ1) is 6.06. The number of ether oxygens (including phenoxy) is 1. The van der Waals surface area contributed by atoms with Crippen LogP contribution in [0, 0.1) is 0 Å². The first kappa shape index (κ1) is 9.73. The summed E-state index contributed by atoms with van der Waals surface area (Å²) >= 11 is 0. The molecule has 0 saturated carbocycles. The molecule has 1 rings (SSSR count). The van der Waals surface area contributed by atoms with Crippen molar-refractivity contribution in [2.75, 3.05) is 7.11 Å². The predicted molar refractivity (Wildman–Crippen MR) is 46.8 cm³/mol. The third-order valence-electron chi connectivity index (χ3n) is 1.72. The highest BCUT2D eigenvalue weighted by Crippen LogP contribution is 2.05. The van der Waals surface area contributed by atoms with Gasteiger partial charge in [0.25, 0.3) is 0 Å². The Labute approximate surface area is 76.5 Å². The smallest absolute Gasteiger partial charge is 0.327 e. The second-order valence-corrected chi connectivity index (χ2v) is 3.14. The van der Waals surface area contributed by atoms with Crippen LogP contribution in [0.3, 0.4) is 0 Å². The van der Waals surface area contributed by atoms with Crippen LogP contribution >= 0.6 is 0 Å². The van der Waals surface area contributed by atoms with Gasteiger partial charge in [0.05, 0.1) is 20.0 Å². The van der Waals surface area contributed by atoms with Gasteiger partial charge in [-0.3, -0.25) is 4.79 Å². The van der Waals surface area contributed by atoms with Crippen LogP contribution in [0.2, 0.25) is 0 Å². The molecule has 5 heteroatoms. The van der Waals surface area contributed by atoms with Gasteiger partial charge in [0.1, 0.15) is 5.54 Å². The average Bonchev–Trinajstić information content (AvgIpc) is 2.54. The second kappa shape index (κ2) is 3.57. The maximum atomic E-state index is 11.2. The van der Waals surface area contributed by atoms with Gasteiger partial charge in [-0.1, -0.05) is 0 Å². The van der Waals surface area contributed by atoms with E-state index in [2.05, 4.69) is 9.72 Å². The third kappa shape index (κ3) is 2.29. The molecule has 1 heterocycles. The van der Waals surface area contributed by atoms with Crippen LogP contribution in [0.1, 0.15) is 6.92 Å². The molecule has 0 aromatic carbocycles. The van der Waals surface area contributed by atoms with E-state index in [1.54, 1.807) is 30.2 Å². The lowest BCUT2D eigenvalue weighted by Gasteiger charge is -2.21. The molecule has 0 aliphatic heterocycles. The topological polar surface area (TPSA) is 70.1 Å². The lowest BCUT2D eigenvalue weighted by Crippen LogP contribution is -2.49. The molecule has 0 aliphatic carbocycles. The zero-order valence-corrected chi connectivity index (χ0v) is 7.73. The molecule has 0 saturated heterocycles. The third-order valence-corrected chi connectivity index (χ3v) is 1.72. The Morgan fingerprint density at radius 3 is 2.92 bits per heavy atom. The molecule has 0 aliphatic rings. The summed E-state index contributed by atoms with van der Waals surface area (Å²) in [7, 11) is 1.32. The summed E-state index contributed by atoms with van der Waals surface area (Å²) in [6, 6.07) is 0. The van der Waals surface area contributed by atoms with E-state index in [1.165, 1.54) is 7.11 Å². The van der Waals surface area contributed by atoms with E-state index in [4.69, 9.17) is 5.73 Å². The molecule has 0 amide bonds. The number of esters is 1. The minimum absolute atomic E-state index is 0.361. The van der Waals surface area contributed by atoms with Crippen LogP contribution in [0.5, 0.6) is 0 Å². The summed E-state index contributed by atoms with van der Waals surface area (Å²) in [5.41, 5.74) is 4.73. The number of hydrogen-bond donors (Lipinski definition) is 1. The van der Waals surface area contributed by atoms with Gasteiger partial charge in [0, 0.05) is 12.4 Å². The number of carbonyl (C=O) groups excluding carboxylic acids is 1. The number of nitrogens with two attached hydrogens (primary N) is 1. The number of rotatable bonds is 3. The van der Waals surface area contributed by atoms with Gasteiger partial charge in [-0.25, -0.2) is 4.98 Å². The molecule has 72 valence electrons. The van der Waals surface area contributed by atoms with Crippen LogP contribution in [0.15, 0.2) is 18.7 Å². The Morgan fingerprint density at radius 1 is 1.77 bits per heavy atom. The van der Waals surface area contributed by atoms with E-state index in [0.717, 1.165) is 0 Å². The Kier molecular flexibility index (Phi) is 2.67. The molecule has 13 heavy (non-hydrogen) atoms. The van der Waals surface area contributed by atoms with Crippen molar-refractivity contribution in [2.45, 2.75) is 19.0 Å². The van der Waals surface area contributed by atoms with Gasteiger partial charge in [-0.2, -0.15) is 0 Å². The van der Waals surface area contributed by atoms with E-state index in [0.29, 0.717) is 6.54 Å². The molecule has 0 bridgehead atoms. The summed E-state index contributed by atoms with van der Waals surface area (Å²) in [4.78, 5) is 15.0. The minimum Gasteiger partial charge on any atom is -0.468 e. The Bertz CT molecular complexity index is 280. The van der Waals surface area contributed by atoms with Gasteiger partial charge >= 0.3 is 5.97 Å². The van der Waals surface area contributed by atoms with Crippen molar-refractivity contribution in [3.8, 4) is 0 Å². The number of nitrogens with zero attached hydrogens (tertiary/aromatic N) is 2. The van der Waals surface area contributed by atoms with Crippen LogP contribution in [0.25, 0.3) is 0 Å². The van der Waals surface area contributed by atoms with E-state index < -0.39 is 11.5 Å². The highest BCUT2D eigenvalue weighted by molar-refractivity contribution is 5.79. The molecule has 1 aromatic rings. The maximum Gasteiger partial charge on any atom is 0.327 e. The fourth-order valence-electron chi connectivity index (χ4n) is 1.06. The summed E-state index contributed by atoms with van der Waals surface area (Å²) in [5, 5.41) is 0. The van der Waals surface area contributed by atoms with E-state index in [9.17, 15) is 4.79 Å². The Balaban J connectivity index is 2.67. The van der Waals surface area contributed by atoms with Crippen molar-refractivity contribution in [3.05, 3.63) is 18.7 Å². The van der Waals surface area contributed by atoms with Crippen molar-refractivity contribution in [2.24, 2.45) is 5.73 Å². The maximum absolute atomic E-state index is 11.2. The number of imidazole rings is 1. The highest BCUT2D eigenvalue weighted by Gasteiger charge is 2.29. The largest absolute Gasteiger partial charge is 0.468 e. The van der Waals surface area contributed by atoms with E-state index >= 15 is 0 Å². The van der Waals surface area contributed by atoms with Gasteiger partial charge in [0.2, 0.25) is 0 Å². The molecular weight excluding hydrogens is 170 g/mol. The first-order valence-electron chi connectivity index (χ1n) is 3.89. The molecule has 0 spiro atoms. The molecule has 0 fully saturated rings. The molecule has 2 N–H and O–H groups in total. The lowest BCUT2D eigenvalue weighted by atomic mass is 10.1. The summed E-state index contributed by atoms with van der Waals surface area (Å²) in [5.74, 6) is -0.429. The highest BCUT2D eigenvalue weighted by atomic mass is 16.5. The molecule has 1 atom stereocenters. The number of methoxy groups -OCH3 is 1.